The number of benzene rings is 2. The fourth-order valence-corrected chi connectivity index (χ4v) is 2.69. The molecule has 0 bridgehead atoms. The molecule has 0 radical (unpaired) electrons. The van der Waals surface area contributed by atoms with Crippen molar-refractivity contribution in [1.82, 2.24) is 0 Å². The van der Waals surface area contributed by atoms with Crippen LogP contribution in [0.15, 0.2) is 47.5 Å². The van der Waals surface area contributed by atoms with Gasteiger partial charge in [0.2, 0.25) is 0 Å². The highest BCUT2D eigenvalue weighted by Crippen LogP contribution is 2.20. The van der Waals surface area contributed by atoms with Gasteiger partial charge in [-0.15, -0.1) is 0 Å². The highest BCUT2D eigenvalue weighted by Gasteiger charge is 2.06. The minimum absolute atomic E-state index is 0.452. The number of hydrogen-bond donors (Lipinski definition) is 1. The Kier molecular flexibility index (Phi) is 4.71. The Morgan fingerprint density at radius 2 is 1.23 bits per heavy atom. The first kappa shape index (κ1) is 15.9. The van der Waals surface area contributed by atoms with E-state index in [1.165, 1.54) is 11.1 Å². The predicted octanol–water partition coefficient (Wildman–Crippen LogP) is 5.03. The third kappa shape index (κ3) is 3.79. The average molecular weight is 290 g/mol. The molecule has 0 fully saturated rings. The molecule has 0 unspecified atom stereocenters. The van der Waals surface area contributed by atoms with Crippen LogP contribution in [-0.2, 0) is 0 Å². The van der Waals surface area contributed by atoms with E-state index in [1.54, 1.807) is 6.08 Å². The third-order valence-electron chi connectivity index (χ3n) is 3.50. The number of rotatable bonds is 4. The number of aryl methyl sites for hydroxylation is 4. The summed E-state index contributed by atoms with van der Waals surface area (Å²) < 4.78 is 0. The molecule has 2 heteroatoms. The average Bonchev–Trinajstić information content (AvgIpc) is 2.42. The molecule has 0 aliphatic heterocycles. The Hall–Kier alpha value is -2.48. The summed E-state index contributed by atoms with van der Waals surface area (Å²) in [5, 5.41) is 8.35. The van der Waals surface area contributed by atoms with E-state index in [4.69, 9.17) is 5.41 Å². The molecule has 0 heterocycles. The van der Waals surface area contributed by atoms with Gasteiger partial charge >= 0.3 is 0 Å². The maximum atomic E-state index is 8.35. The van der Waals surface area contributed by atoms with Crippen molar-refractivity contribution in [3.63, 3.8) is 0 Å². The highest BCUT2D eigenvalue weighted by atomic mass is 14.7. The zero-order valence-electron chi connectivity index (χ0n) is 13.7. The lowest BCUT2D eigenvalue weighted by Gasteiger charge is -2.08. The number of nitrogens with zero attached hydrogens (tertiary/aromatic N) is 1. The molecular weight excluding hydrogens is 268 g/mol. The van der Waals surface area contributed by atoms with Crippen LogP contribution in [-0.4, -0.2) is 12.4 Å². The largest absolute Gasteiger partial charge is 0.300 e. The molecule has 0 saturated carbocycles. The molecule has 0 atom stereocenters. The first-order valence-corrected chi connectivity index (χ1v) is 7.33. The van der Waals surface area contributed by atoms with Crippen LogP contribution in [0.3, 0.4) is 0 Å². The molecule has 2 aromatic carbocycles. The molecular formula is C20H22N2. The molecule has 2 nitrogen and oxygen atoms in total. The fourth-order valence-electron chi connectivity index (χ4n) is 2.69. The Morgan fingerprint density at radius 1 is 0.818 bits per heavy atom. The third-order valence-corrected chi connectivity index (χ3v) is 3.50. The summed E-state index contributed by atoms with van der Waals surface area (Å²) in [5.74, 6) is 0. The van der Waals surface area contributed by atoms with Crippen LogP contribution in [0.2, 0.25) is 0 Å². The fraction of sp³-hybridized carbons (Fsp3) is 0.200. The van der Waals surface area contributed by atoms with E-state index in [9.17, 15) is 0 Å². The number of allylic oxidation sites excluding steroid dienone is 1. The standard InChI is InChI=1S/C20H22N2/c1-13-6-14(2)9-17(8-13)19(21)12-20(22-5)18-10-15(3)7-16(4)11-18/h6-12,21H,5H2,1-4H3/b20-12-,21-19?. The highest BCUT2D eigenvalue weighted by molar-refractivity contribution is 6.10. The summed E-state index contributed by atoms with van der Waals surface area (Å²) in [5.41, 5.74) is 7.78. The number of hydrogen-bond acceptors (Lipinski definition) is 2. The lowest BCUT2D eigenvalue weighted by atomic mass is 10.0. The van der Waals surface area contributed by atoms with Gasteiger partial charge in [0.05, 0.1) is 11.4 Å². The van der Waals surface area contributed by atoms with Crippen molar-refractivity contribution in [2.45, 2.75) is 27.7 Å². The lowest BCUT2D eigenvalue weighted by Crippen LogP contribution is -1.98. The summed E-state index contributed by atoms with van der Waals surface area (Å²) in [4.78, 5) is 4.12. The van der Waals surface area contributed by atoms with Gasteiger partial charge < -0.3 is 5.41 Å². The SMILES string of the molecule is C=N/C(=C\C(=N)c1cc(C)cc(C)c1)c1cc(C)cc(C)c1. The maximum absolute atomic E-state index is 8.35. The maximum Gasteiger partial charge on any atom is 0.0716 e. The smallest absolute Gasteiger partial charge is 0.0716 e. The number of nitrogens with one attached hydrogen (secondary N) is 1. The van der Waals surface area contributed by atoms with Crippen molar-refractivity contribution in [1.29, 1.82) is 5.41 Å². The van der Waals surface area contributed by atoms with E-state index in [1.807, 2.05) is 26.0 Å². The first-order chi connectivity index (χ1) is 10.4. The van der Waals surface area contributed by atoms with E-state index in [2.05, 4.69) is 49.8 Å². The quantitative estimate of drug-likeness (QED) is 0.767. The molecule has 2 aromatic rings. The molecule has 0 aliphatic rings. The lowest BCUT2D eigenvalue weighted by molar-refractivity contribution is 1.35. The van der Waals surface area contributed by atoms with Crippen molar-refractivity contribution in [2.75, 3.05) is 0 Å². The van der Waals surface area contributed by atoms with Gasteiger partial charge in [0.25, 0.3) is 0 Å². The van der Waals surface area contributed by atoms with Gasteiger partial charge in [-0.2, -0.15) is 0 Å². The van der Waals surface area contributed by atoms with E-state index < -0.39 is 0 Å². The van der Waals surface area contributed by atoms with Crippen molar-refractivity contribution in [2.24, 2.45) is 4.99 Å². The Morgan fingerprint density at radius 3 is 1.64 bits per heavy atom. The van der Waals surface area contributed by atoms with Crippen LogP contribution >= 0.6 is 0 Å². The van der Waals surface area contributed by atoms with Crippen molar-refractivity contribution < 1.29 is 0 Å². The molecule has 0 spiro atoms. The Labute approximate surface area is 132 Å². The normalized spacial score (nSPS) is 11.4. The molecule has 112 valence electrons. The second-order valence-electron chi connectivity index (χ2n) is 5.85. The molecule has 0 amide bonds. The van der Waals surface area contributed by atoms with Gasteiger partial charge in [0.1, 0.15) is 0 Å². The Balaban J connectivity index is 2.43. The molecule has 0 aromatic heterocycles. The molecule has 0 saturated heterocycles. The van der Waals surface area contributed by atoms with Crippen LogP contribution < -0.4 is 0 Å². The van der Waals surface area contributed by atoms with Crippen LogP contribution in [0.1, 0.15) is 33.4 Å². The zero-order chi connectivity index (χ0) is 16.3. The summed E-state index contributed by atoms with van der Waals surface area (Å²) >= 11 is 0. The minimum Gasteiger partial charge on any atom is -0.300 e. The van der Waals surface area contributed by atoms with Gasteiger partial charge in [-0.1, -0.05) is 34.4 Å². The molecule has 2 rings (SSSR count). The Bertz CT molecular complexity index is 727. The second-order valence-corrected chi connectivity index (χ2v) is 5.85. The van der Waals surface area contributed by atoms with E-state index in [0.29, 0.717) is 5.71 Å². The van der Waals surface area contributed by atoms with Gasteiger partial charge in [0.15, 0.2) is 0 Å². The van der Waals surface area contributed by atoms with E-state index in [0.717, 1.165) is 28.0 Å². The van der Waals surface area contributed by atoms with E-state index >= 15 is 0 Å². The van der Waals surface area contributed by atoms with Crippen molar-refractivity contribution in [3.8, 4) is 0 Å². The first-order valence-electron chi connectivity index (χ1n) is 7.33. The molecule has 1 N–H and O–H groups in total. The van der Waals surface area contributed by atoms with E-state index in [-0.39, 0.29) is 0 Å². The zero-order valence-corrected chi connectivity index (χ0v) is 13.7. The van der Waals surface area contributed by atoms with Crippen LogP contribution in [0.4, 0.5) is 0 Å². The predicted molar refractivity (Wildman–Crippen MR) is 96.2 cm³/mol. The summed E-state index contributed by atoms with van der Waals surface area (Å²) in [6, 6.07) is 12.4. The van der Waals surface area contributed by atoms with Crippen LogP contribution in [0.25, 0.3) is 5.70 Å². The summed E-state index contributed by atoms with van der Waals surface area (Å²) in [6.07, 6.45) is 1.79. The van der Waals surface area contributed by atoms with Gasteiger partial charge in [-0.25, -0.2) is 0 Å². The summed E-state index contributed by atoms with van der Waals surface area (Å²) in [6.45, 7) is 11.9. The van der Waals surface area contributed by atoms with Gasteiger partial charge in [-0.3, -0.25) is 4.99 Å². The minimum atomic E-state index is 0.452. The monoisotopic (exact) mass is 290 g/mol. The van der Waals surface area contributed by atoms with Crippen LogP contribution in [0, 0.1) is 33.1 Å². The van der Waals surface area contributed by atoms with Crippen molar-refractivity contribution in [3.05, 3.63) is 75.9 Å². The van der Waals surface area contributed by atoms with Crippen molar-refractivity contribution >= 4 is 18.1 Å². The summed E-state index contributed by atoms with van der Waals surface area (Å²) in [7, 11) is 0. The molecule has 0 aliphatic carbocycles. The van der Waals surface area contributed by atoms with Gasteiger partial charge in [0, 0.05) is 5.56 Å². The van der Waals surface area contributed by atoms with Gasteiger partial charge in [-0.05, 0) is 70.3 Å². The molecule has 22 heavy (non-hydrogen) atoms. The second kappa shape index (κ2) is 6.52. The topological polar surface area (TPSA) is 36.2 Å². The number of aliphatic imine (C=N–C) groups is 1. The van der Waals surface area contributed by atoms with Crippen LogP contribution in [0.5, 0.6) is 0 Å².